The van der Waals surface area contributed by atoms with Crippen LogP contribution in [-0.4, -0.2) is 13.2 Å². The average Bonchev–Trinajstić information content (AvgIpc) is 1.41. The molecule has 0 fully saturated rings. The van der Waals surface area contributed by atoms with E-state index in [-0.39, 0.29) is 58.0 Å². The maximum Gasteiger partial charge on any atom is 1.00 e. The summed E-state index contributed by atoms with van der Waals surface area (Å²) < 4.78 is 0. The van der Waals surface area contributed by atoms with Crippen molar-refractivity contribution in [1.82, 2.24) is 0 Å². The summed E-state index contributed by atoms with van der Waals surface area (Å²) >= 11 is 0. The second-order valence-electron chi connectivity index (χ2n) is 0.846. The van der Waals surface area contributed by atoms with Gasteiger partial charge in [0.2, 0.25) is 0 Å². The van der Waals surface area contributed by atoms with Crippen LogP contribution in [0, 0.1) is 0 Å². The maximum absolute atomic E-state index is 9.45. The zero-order valence-corrected chi connectivity index (χ0v) is 7.23. The van der Waals surface area contributed by atoms with E-state index in [9.17, 15) is 5.11 Å². The van der Waals surface area contributed by atoms with Crippen molar-refractivity contribution in [1.29, 1.82) is 0 Å². The Morgan fingerprint density at radius 2 is 2.00 bits per heavy atom. The Kier molecular flexibility index (Phi) is 17.1. The molecule has 0 amide bonds. The van der Waals surface area contributed by atoms with Gasteiger partial charge in [0.05, 0.1) is 0 Å². The molecule has 0 aliphatic rings. The summed E-state index contributed by atoms with van der Waals surface area (Å²) in [5.74, 6) is 0. The summed E-state index contributed by atoms with van der Waals surface area (Å²) in [5.41, 5.74) is 4.94. The van der Waals surface area contributed by atoms with Gasteiger partial charge in [0.25, 0.3) is 0 Å². The molecule has 0 rings (SSSR count). The molecule has 0 aliphatic carbocycles. The van der Waals surface area contributed by atoms with Crippen molar-refractivity contribution >= 4 is 0 Å². The second kappa shape index (κ2) is 9.75. The van der Waals surface area contributed by atoms with E-state index in [0.717, 1.165) is 0 Å². The van der Waals surface area contributed by atoms with Gasteiger partial charge in [-0.05, 0) is 6.54 Å². The molecule has 0 unspecified atom stereocenters. The van der Waals surface area contributed by atoms with E-state index >= 15 is 0 Å². The Labute approximate surface area is 80.5 Å². The van der Waals surface area contributed by atoms with Crippen molar-refractivity contribution < 1.29 is 56.5 Å². The zero-order chi connectivity index (χ0) is 4.12. The molecule has 0 aromatic carbocycles. The number of rotatable bonds is 2. The summed E-state index contributed by atoms with van der Waals surface area (Å²) in [6.07, 6.45) is 0.611. The molecule has 6 heavy (non-hydrogen) atoms. The van der Waals surface area contributed by atoms with Crippen LogP contribution >= 0.6 is 0 Å². The van der Waals surface area contributed by atoms with Gasteiger partial charge in [0.15, 0.2) is 0 Å². The first-order valence-corrected chi connectivity index (χ1v) is 1.70. The average molecular weight is 113 g/mol. The molecule has 0 aliphatic heterocycles. The summed E-state index contributed by atoms with van der Waals surface area (Å²) in [7, 11) is 0. The van der Waals surface area contributed by atoms with E-state index in [4.69, 9.17) is 5.73 Å². The third-order valence-corrected chi connectivity index (χ3v) is 0.348. The Hall–Kier alpha value is 1.56. The van der Waals surface area contributed by atoms with Crippen LogP contribution < -0.4 is 62.2 Å². The van der Waals surface area contributed by atoms with Crippen molar-refractivity contribution in [2.24, 2.45) is 5.73 Å². The van der Waals surface area contributed by atoms with Crippen LogP contribution in [0.25, 0.3) is 0 Å². The molecule has 0 saturated carbocycles. The Bertz CT molecular complexity index is 18.3. The van der Waals surface area contributed by atoms with Gasteiger partial charge in [0, 0.05) is 0 Å². The van der Waals surface area contributed by atoms with E-state index in [1.165, 1.54) is 0 Å². The van der Waals surface area contributed by atoms with Gasteiger partial charge in [-0.1, -0.05) is 6.42 Å². The summed E-state index contributed by atoms with van der Waals surface area (Å²) in [4.78, 5) is 0. The van der Waals surface area contributed by atoms with Crippen LogP contribution in [0.3, 0.4) is 0 Å². The minimum absolute atomic E-state index is 0. The molecule has 0 radical (unpaired) electrons. The summed E-state index contributed by atoms with van der Waals surface area (Å²) in [6.45, 7) is 0.500. The van der Waals surface area contributed by atoms with Gasteiger partial charge in [0.1, 0.15) is 0 Å². The number of nitrogens with two attached hydrogens (primary N) is 1. The van der Waals surface area contributed by atoms with Gasteiger partial charge >= 0.3 is 51.4 Å². The molecule has 0 heterocycles. The first-order valence-electron chi connectivity index (χ1n) is 1.70. The summed E-state index contributed by atoms with van der Waals surface area (Å²) in [5, 5.41) is 9.45. The fourth-order valence-electron chi connectivity index (χ4n) is 0.0833. The van der Waals surface area contributed by atoms with Gasteiger partial charge in [-0.2, -0.15) is 0 Å². The largest absolute Gasteiger partial charge is 1.00 e. The van der Waals surface area contributed by atoms with Gasteiger partial charge in [-0.25, -0.2) is 0 Å². The molecule has 0 spiro atoms. The third-order valence-electron chi connectivity index (χ3n) is 0.348. The number of hydrogen-bond donors (Lipinski definition) is 1. The quantitative estimate of drug-likeness (QED) is 0.368. The molecule has 0 bridgehead atoms. The van der Waals surface area contributed by atoms with Crippen LogP contribution in [0.15, 0.2) is 0 Å². The molecule has 0 saturated heterocycles. The monoisotopic (exact) mass is 113 g/mol. The van der Waals surface area contributed by atoms with Gasteiger partial charge in [-0.3, -0.25) is 0 Å². The van der Waals surface area contributed by atoms with Crippen LogP contribution in [0.4, 0.5) is 0 Å². The smallest absolute Gasteiger partial charge is 0.854 e. The van der Waals surface area contributed by atoms with Crippen molar-refractivity contribution in [2.75, 3.05) is 13.2 Å². The molecule has 32 valence electrons. The van der Waals surface area contributed by atoms with Gasteiger partial charge < -0.3 is 10.8 Å². The van der Waals surface area contributed by atoms with E-state index in [1.807, 2.05) is 0 Å². The van der Waals surface area contributed by atoms with Crippen LogP contribution in [-0.2, 0) is 0 Å². The van der Waals surface area contributed by atoms with Gasteiger partial charge in [-0.15, -0.1) is 6.61 Å². The van der Waals surface area contributed by atoms with Crippen LogP contribution in [0.5, 0.6) is 0 Å². The SMILES string of the molecule is NCCC[O-].[K+]. The Balaban J connectivity index is 0. The molecule has 2 N–H and O–H groups in total. The van der Waals surface area contributed by atoms with Crippen LogP contribution in [0.2, 0.25) is 0 Å². The van der Waals surface area contributed by atoms with Crippen molar-refractivity contribution in [3.05, 3.63) is 0 Å². The molecule has 0 aromatic rings. The van der Waals surface area contributed by atoms with Crippen molar-refractivity contribution in [3.63, 3.8) is 0 Å². The molecular formula is C3H8KNO. The molecule has 0 atom stereocenters. The normalized spacial score (nSPS) is 7.00. The van der Waals surface area contributed by atoms with Crippen molar-refractivity contribution in [2.45, 2.75) is 6.42 Å². The fraction of sp³-hybridized carbons (Fsp3) is 1.00. The topological polar surface area (TPSA) is 49.1 Å². The van der Waals surface area contributed by atoms with Crippen LogP contribution in [0.1, 0.15) is 6.42 Å². The maximum atomic E-state index is 9.45. The summed E-state index contributed by atoms with van der Waals surface area (Å²) in [6, 6.07) is 0. The van der Waals surface area contributed by atoms with Crippen molar-refractivity contribution in [3.8, 4) is 0 Å². The predicted octanol–water partition coefficient (Wildman–Crippen LogP) is -4.30. The van der Waals surface area contributed by atoms with E-state index in [2.05, 4.69) is 0 Å². The van der Waals surface area contributed by atoms with E-state index < -0.39 is 0 Å². The minimum atomic E-state index is -0.0312. The van der Waals surface area contributed by atoms with E-state index in [0.29, 0.717) is 13.0 Å². The number of hydrogen-bond acceptors (Lipinski definition) is 2. The Morgan fingerprint density at radius 3 is 2.00 bits per heavy atom. The standard InChI is InChI=1S/C3H8NO.K/c4-2-1-3-5;/h1-4H2;/q-1;+1. The Morgan fingerprint density at radius 1 is 1.50 bits per heavy atom. The first kappa shape index (κ1) is 10.5. The molecule has 0 aromatic heterocycles. The fourth-order valence-corrected chi connectivity index (χ4v) is 0.0833. The first-order chi connectivity index (χ1) is 2.41. The predicted molar refractivity (Wildman–Crippen MR) is 18.5 cm³/mol. The molecular weight excluding hydrogens is 105 g/mol. The van der Waals surface area contributed by atoms with E-state index in [1.54, 1.807) is 0 Å². The molecule has 2 nitrogen and oxygen atoms in total. The minimum Gasteiger partial charge on any atom is -0.854 e. The molecule has 3 heteroatoms. The zero-order valence-electron chi connectivity index (χ0n) is 4.11. The third kappa shape index (κ3) is 9.12. The second-order valence-corrected chi connectivity index (χ2v) is 0.846.